The Bertz CT molecular complexity index is 1230. The molecule has 3 aromatic rings. The predicted octanol–water partition coefficient (Wildman–Crippen LogP) is 3.82. The van der Waals surface area contributed by atoms with Crippen LogP contribution in [0.15, 0.2) is 45.6 Å². The summed E-state index contributed by atoms with van der Waals surface area (Å²) in [5.74, 6) is -1.14. The Balaban J connectivity index is 1.85. The number of aliphatic hydroxyl groups is 1. The molecule has 0 radical (unpaired) electrons. The second kappa shape index (κ2) is 8.01. The van der Waals surface area contributed by atoms with Crippen molar-refractivity contribution in [2.45, 2.75) is 18.4 Å². The number of phenols is 2. The standard InChI is InChI=1S/C23H22ClNO6/c1-25(30)9-8-15(20(29)12-25)21-18(27)11-19(28)22-17(26)10-14(31-23(21)22)7-6-13-4-2-3-5-16(13)24/h2-7,10-11,15,20,27-29H,8-9,12H2,1H3/b7-6+/t15-,20+,25?/m0/s1. The molecule has 2 aromatic carbocycles. The van der Waals surface area contributed by atoms with Gasteiger partial charge in [0.15, 0.2) is 5.43 Å². The first-order chi connectivity index (χ1) is 14.7. The number of likely N-dealkylation sites (N-methyl/N-ethyl adjacent to an activating group) is 1. The number of hydroxylamine groups is 3. The van der Waals surface area contributed by atoms with Crippen molar-refractivity contribution >= 4 is 34.7 Å². The molecule has 3 atom stereocenters. The SMILES string of the molecule is C[N+]1([O-])CC[C@H](c2c(O)cc(O)c3c(=O)cc(/C=C/c4ccccc4Cl)oc23)[C@H](O)C1. The molecule has 4 rings (SSSR count). The van der Waals surface area contributed by atoms with Crippen molar-refractivity contribution < 1.29 is 24.4 Å². The fourth-order valence-corrected chi connectivity index (χ4v) is 4.32. The number of nitrogens with zero attached hydrogens (tertiary/aromatic N) is 1. The molecule has 0 bridgehead atoms. The van der Waals surface area contributed by atoms with Crippen LogP contribution < -0.4 is 5.43 Å². The molecule has 2 heterocycles. The maximum absolute atomic E-state index is 12.8. The Morgan fingerprint density at radius 3 is 2.65 bits per heavy atom. The Labute approximate surface area is 183 Å². The summed E-state index contributed by atoms with van der Waals surface area (Å²) < 4.78 is 5.31. The first kappa shape index (κ1) is 21.4. The zero-order valence-electron chi connectivity index (χ0n) is 16.8. The summed E-state index contributed by atoms with van der Waals surface area (Å²) in [5, 5.41) is 44.1. The van der Waals surface area contributed by atoms with Crippen molar-refractivity contribution in [1.29, 1.82) is 0 Å². The number of fused-ring (bicyclic) bond motifs is 1. The van der Waals surface area contributed by atoms with Gasteiger partial charge in [0, 0.05) is 35.1 Å². The summed E-state index contributed by atoms with van der Waals surface area (Å²) in [4.78, 5) is 12.8. The first-order valence-corrected chi connectivity index (χ1v) is 10.2. The molecular weight excluding hydrogens is 422 g/mol. The van der Waals surface area contributed by atoms with Gasteiger partial charge in [0.25, 0.3) is 0 Å². The third-order valence-corrected chi connectivity index (χ3v) is 6.02. The molecule has 31 heavy (non-hydrogen) atoms. The Morgan fingerprint density at radius 2 is 1.94 bits per heavy atom. The van der Waals surface area contributed by atoms with E-state index < -0.39 is 27.8 Å². The minimum atomic E-state index is -1.04. The second-order valence-corrected chi connectivity index (χ2v) is 8.47. The number of benzene rings is 2. The van der Waals surface area contributed by atoms with Crippen LogP contribution in [0, 0.1) is 5.21 Å². The van der Waals surface area contributed by atoms with E-state index >= 15 is 0 Å². The minimum absolute atomic E-state index is 0.00476. The van der Waals surface area contributed by atoms with Gasteiger partial charge in [0.1, 0.15) is 40.9 Å². The Morgan fingerprint density at radius 1 is 1.19 bits per heavy atom. The molecule has 8 heteroatoms. The fraction of sp³-hybridized carbons (Fsp3) is 0.261. The molecule has 0 saturated carbocycles. The summed E-state index contributed by atoms with van der Waals surface area (Å²) in [7, 11) is 1.48. The van der Waals surface area contributed by atoms with Gasteiger partial charge in [-0.1, -0.05) is 29.8 Å². The molecule has 1 aliphatic heterocycles. The van der Waals surface area contributed by atoms with E-state index in [1.807, 2.05) is 6.07 Å². The van der Waals surface area contributed by atoms with Crippen LogP contribution in [0.1, 0.15) is 29.2 Å². The summed E-state index contributed by atoms with van der Waals surface area (Å²) in [6, 6.07) is 9.47. The van der Waals surface area contributed by atoms with Crippen LogP contribution in [0.3, 0.4) is 0 Å². The van der Waals surface area contributed by atoms with E-state index in [1.54, 1.807) is 30.4 Å². The smallest absolute Gasteiger partial charge is 0.197 e. The van der Waals surface area contributed by atoms with Crippen molar-refractivity contribution in [2.75, 3.05) is 20.1 Å². The van der Waals surface area contributed by atoms with Gasteiger partial charge < -0.3 is 29.6 Å². The molecule has 0 spiro atoms. The lowest BCUT2D eigenvalue weighted by Crippen LogP contribution is -2.51. The molecule has 162 valence electrons. The molecule has 1 aliphatic rings. The number of hydrogen-bond donors (Lipinski definition) is 3. The molecule has 3 N–H and O–H groups in total. The van der Waals surface area contributed by atoms with E-state index in [0.717, 1.165) is 11.6 Å². The number of halogens is 1. The highest BCUT2D eigenvalue weighted by atomic mass is 35.5. The molecule has 1 aromatic heterocycles. The third-order valence-electron chi connectivity index (χ3n) is 5.67. The van der Waals surface area contributed by atoms with Crippen LogP contribution in [-0.2, 0) is 0 Å². The van der Waals surface area contributed by atoms with Crippen LogP contribution in [0.5, 0.6) is 11.5 Å². The van der Waals surface area contributed by atoms with Crippen molar-refractivity contribution in [3.8, 4) is 11.5 Å². The van der Waals surface area contributed by atoms with Gasteiger partial charge in [0.2, 0.25) is 0 Å². The number of aliphatic hydroxyl groups excluding tert-OH is 1. The third kappa shape index (κ3) is 4.18. The van der Waals surface area contributed by atoms with Gasteiger partial charge in [-0.3, -0.25) is 4.79 Å². The van der Waals surface area contributed by atoms with Crippen LogP contribution in [0.2, 0.25) is 5.02 Å². The van der Waals surface area contributed by atoms with Gasteiger partial charge >= 0.3 is 0 Å². The van der Waals surface area contributed by atoms with E-state index in [4.69, 9.17) is 16.0 Å². The molecule has 0 amide bonds. The van der Waals surface area contributed by atoms with Crippen LogP contribution in [0.4, 0.5) is 0 Å². The number of phenolic OH excluding ortho intramolecular Hbond substituents is 2. The topological polar surface area (TPSA) is 114 Å². The highest BCUT2D eigenvalue weighted by Crippen LogP contribution is 2.42. The monoisotopic (exact) mass is 443 g/mol. The van der Waals surface area contributed by atoms with Crippen molar-refractivity contribution in [3.63, 3.8) is 0 Å². The van der Waals surface area contributed by atoms with E-state index in [9.17, 15) is 25.3 Å². The van der Waals surface area contributed by atoms with Gasteiger partial charge in [-0.2, -0.15) is 0 Å². The molecule has 1 saturated heterocycles. The highest BCUT2D eigenvalue weighted by molar-refractivity contribution is 6.32. The fourth-order valence-electron chi connectivity index (χ4n) is 4.12. The summed E-state index contributed by atoms with van der Waals surface area (Å²) >= 11 is 6.16. The lowest BCUT2D eigenvalue weighted by Gasteiger charge is -2.46. The van der Waals surface area contributed by atoms with Gasteiger partial charge in [-0.15, -0.1) is 0 Å². The van der Waals surface area contributed by atoms with Crippen LogP contribution in [0.25, 0.3) is 23.1 Å². The van der Waals surface area contributed by atoms with E-state index in [-0.39, 0.29) is 47.6 Å². The zero-order chi connectivity index (χ0) is 22.3. The van der Waals surface area contributed by atoms with Crippen molar-refractivity contribution in [3.05, 3.63) is 73.7 Å². The Kier molecular flexibility index (Phi) is 5.53. The molecule has 0 aliphatic carbocycles. The average molecular weight is 444 g/mol. The van der Waals surface area contributed by atoms with E-state index in [2.05, 4.69) is 0 Å². The normalized spacial score (nSPS) is 24.1. The number of hydrogen-bond acceptors (Lipinski definition) is 6. The summed E-state index contributed by atoms with van der Waals surface area (Å²) in [6.07, 6.45) is 2.50. The van der Waals surface area contributed by atoms with Crippen molar-refractivity contribution in [2.24, 2.45) is 0 Å². The molecule has 1 fully saturated rings. The second-order valence-electron chi connectivity index (χ2n) is 8.07. The first-order valence-electron chi connectivity index (χ1n) is 9.85. The number of quaternary nitrogens is 1. The number of likely N-dealkylation sites (tertiary alicyclic amines) is 1. The maximum Gasteiger partial charge on any atom is 0.197 e. The molecule has 1 unspecified atom stereocenters. The van der Waals surface area contributed by atoms with E-state index in [1.165, 1.54) is 13.1 Å². The maximum atomic E-state index is 12.8. The summed E-state index contributed by atoms with van der Waals surface area (Å²) in [5.41, 5.74) is 0.439. The van der Waals surface area contributed by atoms with Crippen LogP contribution in [-0.4, -0.2) is 46.2 Å². The zero-order valence-corrected chi connectivity index (χ0v) is 17.5. The molecule has 7 nitrogen and oxygen atoms in total. The van der Waals surface area contributed by atoms with Crippen molar-refractivity contribution in [1.82, 2.24) is 0 Å². The van der Waals surface area contributed by atoms with Crippen LogP contribution >= 0.6 is 11.6 Å². The predicted molar refractivity (Wildman–Crippen MR) is 119 cm³/mol. The Hall–Kier alpha value is -2.84. The lowest BCUT2D eigenvalue weighted by molar-refractivity contribution is -0.870. The molecular formula is C23H22ClNO6. The largest absolute Gasteiger partial charge is 0.633 e. The van der Waals surface area contributed by atoms with Gasteiger partial charge in [0.05, 0.1) is 13.6 Å². The van der Waals surface area contributed by atoms with Gasteiger partial charge in [-0.25, -0.2) is 0 Å². The summed E-state index contributed by atoms with van der Waals surface area (Å²) in [6.45, 7) is 0.183. The van der Waals surface area contributed by atoms with Gasteiger partial charge in [-0.05, 0) is 23.8 Å². The van der Waals surface area contributed by atoms with E-state index in [0.29, 0.717) is 5.02 Å². The minimum Gasteiger partial charge on any atom is -0.633 e. The lowest BCUT2D eigenvalue weighted by atomic mass is 9.85. The average Bonchev–Trinajstić information content (AvgIpc) is 2.68. The number of piperidine rings is 1. The quantitative estimate of drug-likeness (QED) is 0.419. The highest BCUT2D eigenvalue weighted by Gasteiger charge is 2.37. The number of aromatic hydroxyl groups is 2. The number of rotatable bonds is 3.